The first kappa shape index (κ1) is 28.5. The quantitative estimate of drug-likeness (QED) is 0.166. The molecule has 0 unspecified atom stereocenters. The molecule has 0 aliphatic carbocycles. The van der Waals surface area contributed by atoms with Crippen LogP contribution in [0.15, 0.2) is 101 Å². The molecule has 12 heteroatoms. The molecule has 7 nitrogen and oxygen atoms in total. The first-order chi connectivity index (χ1) is 20.1. The highest BCUT2D eigenvalue weighted by Crippen LogP contribution is 2.32. The van der Waals surface area contributed by atoms with Gasteiger partial charge in [0.2, 0.25) is 0 Å². The Bertz CT molecular complexity index is 1870. The van der Waals surface area contributed by atoms with Crippen molar-refractivity contribution in [2.75, 3.05) is 11.9 Å². The predicted octanol–water partition coefficient (Wildman–Crippen LogP) is 6.77. The number of alkyl halides is 3. The summed E-state index contributed by atoms with van der Waals surface area (Å²) in [6.45, 7) is -0.372. The second-order valence-electron chi connectivity index (χ2n) is 8.93. The Kier molecular flexibility index (Phi) is 8.03. The van der Waals surface area contributed by atoms with E-state index in [9.17, 15) is 27.2 Å². The normalized spacial score (nSPS) is 11.6. The van der Waals surface area contributed by atoms with Crippen molar-refractivity contribution in [3.63, 3.8) is 0 Å². The summed E-state index contributed by atoms with van der Waals surface area (Å²) in [6, 6.07) is 20.6. The molecule has 0 aliphatic rings. The van der Waals surface area contributed by atoms with E-state index in [1.165, 1.54) is 54.7 Å². The highest BCUT2D eigenvalue weighted by Gasteiger charge is 2.31. The molecular weight excluding hydrogens is 576 g/mol. The van der Waals surface area contributed by atoms with E-state index < -0.39 is 29.0 Å². The Balaban J connectivity index is 1.40. The Hall–Kier alpha value is -5.03. The highest BCUT2D eigenvalue weighted by atomic mass is 35.5. The highest BCUT2D eigenvalue weighted by molar-refractivity contribution is 6.32. The molecule has 0 atom stereocenters. The van der Waals surface area contributed by atoms with Gasteiger partial charge in [0.25, 0.3) is 11.5 Å². The van der Waals surface area contributed by atoms with Crippen LogP contribution >= 0.6 is 11.6 Å². The first-order valence-corrected chi connectivity index (χ1v) is 12.7. The smallest absolute Gasteiger partial charge is 0.416 e. The van der Waals surface area contributed by atoms with Crippen molar-refractivity contribution in [2.24, 2.45) is 5.10 Å². The van der Waals surface area contributed by atoms with Crippen LogP contribution in [0.3, 0.4) is 0 Å². The van der Waals surface area contributed by atoms with Gasteiger partial charge < -0.3 is 10.1 Å². The predicted molar refractivity (Wildman–Crippen MR) is 151 cm³/mol. The van der Waals surface area contributed by atoms with E-state index in [0.29, 0.717) is 16.8 Å². The van der Waals surface area contributed by atoms with E-state index in [0.717, 1.165) is 16.8 Å². The fraction of sp³-hybridized carbons (Fsp3) is 0.0667. The number of nitrogens with one attached hydrogen (secondary N) is 1. The zero-order chi connectivity index (χ0) is 29.9. The summed E-state index contributed by atoms with van der Waals surface area (Å²) >= 11 is 6.32. The van der Waals surface area contributed by atoms with Crippen molar-refractivity contribution in [3.8, 4) is 17.1 Å². The molecule has 0 saturated heterocycles. The van der Waals surface area contributed by atoms with Gasteiger partial charge in [-0.15, -0.1) is 0 Å². The number of benzene rings is 4. The molecule has 0 radical (unpaired) electrons. The number of nitrogens with zero attached hydrogens (tertiary/aromatic N) is 3. The lowest BCUT2D eigenvalue weighted by Crippen LogP contribution is -2.20. The van der Waals surface area contributed by atoms with Crippen molar-refractivity contribution in [3.05, 3.63) is 123 Å². The number of ether oxygens (including phenoxy) is 1. The third kappa shape index (κ3) is 6.47. The van der Waals surface area contributed by atoms with Crippen LogP contribution in [0.5, 0.6) is 5.75 Å². The van der Waals surface area contributed by atoms with Gasteiger partial charge in [0.1, 0.15) is 11.6 Å². The SMILES string of the molecule is O=C(COc1ccc(C=Nn2c(-c3cccc(C(F)(F)F)c3)nc3ccccc3c2=O)cc1Cl)Nc1ccc(F)cc1. The molecule has 0 fully saturated rings. The van der Waals surface area contributed by atoms with Gasteiger partial charge in [0.05, 0.1) is 27.7 Å². The van der Waals surface area contributed by atoms with E-state index in [1.54, 1.807) is 30.3 Å². The van der Waals surface area contributed by atoms with Gasteiger partial charge in [-0.3, -0.25) is 9.59 Å². The molecule has 0 spiro atoms. The summed E-state index contributed by atoms with van der Waals surface area (Å²) in [7, 11) is 0. The third-order valence-electron chi connectivity index (χ3n) is 5.97. The number of carbonyl (C=O) groups is 1. The molecule has 1 N–H and O–H groups in total. The molecule has 1 amide bonds. The Morgan fingerprint density at radius 1 is 1.00 bits per heavy atom. The van der Waals surface area contributed by atoms with Crippen LogP contribution in [0.4, 0.5) is 23.2 Å². The van der Waals surface area contributed by atoms with E-state index in [4.69, 9.17) is 16.3 Å². The number of fused-ring (bicyclic) bond motifs is 1. The van der Waals surface area contributed by atoms with E-state index in [-0.39, 0.29) is 34.2 Å². The number of hydrogen-bond acceptors (Lipinski definition) is 5. The molecule has 1 aromatic heterocycles. The maximum absolute atomic E-state index is 13.4. The second kappa shape index (κ2) is 11.8. The second-order valence-corrected chi connectivity index (χ2v) is 9.33. The summed E-state index contributed by atoms with van der Waals surface area (Å²) in [6.07, 6.45) is -3.30. The zero-order valence-electron chi connectivity index (χ0n) is 21.4. The van der Waals surface area contributed by atoms with Crippen molar-refractivity contribution >= 4 is 40.3 Å². The minimum atomic E-state index is -4.59. The third-order valence-corrected chi connectivity index (χ3v) is 6.26. The van der Waals surface area contributed by atoms with Crippen molar-refractivity contribution in [1.82, 2.24) is 9.66 Å². The van der Waals surface area contributed by atoms with Gasteiger partial charge in [-0.1, -0.05) is 35.9 Å². The molecular formula is C30H19ClF4N4O3. The first-order valence-electron chi connectivity index (χ1n) is 12.3. The van der Waals surface area contributed by atoms with Crippen LogP contribution in [-0.2, 0) is 11.0 Å². The molecule has 0 saturated carbocycles. The molecule has 5 rings (SSSR count). The minimum absolute atomic E-state index is 0.0468. The summed E-state index contributed by atoms with van der Waals surface area (Å²) in [5, 5.41) is 7.16. The summed E-state index contributed by atoms with van der Waals surface area (Å²) in [4.78, 5) is 29.9. The topological polar surface area (TPSA) is 85.6 Å². The van der Waals surface area contributed by atoms with Crippen LogP contribution in [-0.4, -0.2) is 28.4 Å². The molecule has 0 bridgehead atoms. The maximum atomic E-state index is 13.4. The van der Waals surface area contributed by atoms with Crippen LogP contribution in [0, 0.1) is 5.82 Å². The Labute approximate surface area is 240 Å². The number of para-hydroxylation sites is 1. The molecule has 0 aliphatic heterocycles. The van der Waals surface area contributed by atoms with Crippen molar-refractivity contribution < 1.29 is 27.1 Å². The van der Waals surface area contributed by atoms with Gasteiger partial charge in [-0.05, 0) is 72.3 Å². The van der Waals surface area contributed by atoms with Gasteiger partial charge >= 0.3 is 6.18 Å². The average molecular weight is 595 g/mol. The lowest BCUT2D eigenvalue weighted by Gasteiger charge is -2.12. The largest absolute Gasteiger partial charge is 0.482 e. The van der Waals surface area contributed by atoms with Gasteiger partial charge in [0.15, 0.2) is 12.4 Å². The van der Waals surface area contributed by atoms with Crippen LogP contribution in [0.25, 0.3) is 22.3 Å². The standard InChI is InChI=1S/C30H19ClF4N4O3/c31-24-14-18(8-13-26(24)42-17-27(40)37-22-11-9-21(32)10-12-22)16-36-39-28(19-4-3-5-20(15-19)30(33,34)35)38-25-7-2-1-6-23(25)29(39)41/h1-16H,17H2,(H,37,40). The summed E-state index contributed by atoms with van der Waals surface area (Å²) in [5.74, 6) is -0.821. The fourth-order valence-corrected chi connectivity index (χ4v) is 4.21. The van der Waals surface area contributed by atoms with Crippen molar-refractivity contribution in [2.45, 2.75) is 6.18 Å². The molecule has 1 heterocycles. The number of halogens is 5. The average Bonchev–Trinajstić information content (AvgIpc) is 2.97. The van der Waals surface area contributed by atoms with E-state index >= 15 is 0 Å². The Morgan fingerprint density at radius 2 is 1.76 bits per heavy atom. The number of hydrogen-bond donors (Lipinski definition) is 1. The lowest BCUT2D eigenvalue weighted by molar-refractivity contribution is -0.137. The van der Waals surface area contributed by atoms with E-state index in [2.05, 4.69) is 15.4 Å². The molecule has 5 aromatic rings. The number of rotatable bonds is 7. The van der Waals surface area contributed by atoms with E-state index in [1.807, 2.05) is 0 Å². The van der Waals surface area contributed by atoms with Crippen LogP contribution < -0.4 is 15.6 Å². The Morgan fingerprint density at radius 3 is 2.50 bits per heavy atom. The molecule has 42 heavy (non-hydrogen) atoms. The van der Waals surface area contributed by atoms with Gasteiger partial charge in [0, 0.05) is 11.3 Å². The monoisotopic (exact) mass is 594 g/mol. The lowest BCUT2D eigenvalue weighted by atomic mass is 10.1. The van der Waals surface area contributed by atoms with Crippen LogP contribution in [0.1, 0.15) is 11.1 Å². The summed E-state index contributed by atoms with van der Waals surface area (Å²) in [5.41, 5.74) is -0.308. The van der Waals surface area contributed by atoms with Crippen molar-refractivity contribution in [1.29, 1.82) is 0 Å². The fourth-order valence-electron chi connectivity index (χ4n) is 3.96. The summed E-state index contributed by atoms with van der Waals surface area (Å²) < 4.78 is 59.6. The number of carbonyl (C=O) groups excluding carboxylic acids is 1. The number of amides is 1. The van der Waals surface area contributed by atoms with Crippen LogP contribution in [0.2, 0.25) is 5.02 Å². The number of aromatic nitrogens is 2. The molecule has 212 valence electrons. The number of anilines is 1. The minimum Gasteiger partial charge on any atom is -0.482 e. The molecule has 4 aromatic carbocycles. The zero-order valence-corrected chi connectivity index (χ0v) is 22.2. The van der Waals surface area contributed by atoms with Gasteiger partial charge in [-0.25, -0.2) is 9.37 Å². The van der Waals surface area contributed by atoms with Gasteiger partial charge in [-0.2, -0.15) is 22.9 Å². The maximum Gasteiger partial charge on any atom is 0.416 e.